The molecule has 0 unspecified atom stereocenters. The average molecular weight is 404 g/mol. The number of anilines is 2. The molecule has 1 aliphatic rings. The Labute approximate surface area is 165 Å². The van der Waals surface area contributed by atoms with Crippen LogP contribution in [0.15, 0.2) is 47.4 Å². The van der Waals surface area contributed by atoms with Gasteiger partial charge in [0, 0.05) is 43.3 Å². The molecule has 0 aliphatic carbocycles. The van der Waals surface area contributed by atoms with E-state index in [0.717, 1.165) is 30.8 Å². The van der Waals surface area contributed by atoms with Gasteiger partial charge in [0.1, 0.15) is 4.90 Å². The van der Waals surface area contributed by atoms with Gasteiger partial charge in [-0.1, -0.05) is 19.1 Å². The molecule has 1 heterocycles. The van der Waals surface area contributed by atoms with E-state index in [2.05, 4.69) is 29.3 Å². The van der Waals surface area contributed by atoms with Crippen molar-refractivity contribution in [1.82, 2.24) is 0 Å². The number of nitrogens with one attached hydrogen (secondary N) is 1. The Morgan fingerprint density at radius 2 is 1.79 bits per heavy atom. The Morgan fingerprint density at radius 1 is 1.14 bits per heavy atom. The minimum Gasteiger partial charge on any atom is -0.381 e. The fourth-order valence-electron chi connectivity index (χ4n) is 3.37. The minimum atomic E-state index is -3.69. The molecule has 2 aromatic rings. The number of nitro benzene ring substituents is 1. The monoisotopic (exact) mass is 403 g/mol. The number of benzene rings is 2. The van der Waals surface area contributed by atoms with Gasteiger partial charge in [0.15, 0.2) is 9.84 Å². The van der Waals surface area contributed by atoms with E-state index >= 15 is 0 Å². The molecule has 0 bridgehead atoms. The molecular formula is C20H25N3O4S. The summed E-state index contributed by atoms with van der Waals surface area (Å²) in [6.07, 6.45) is 3.40. The molecule has 7 nitrogen and oxygen atoms in total. The lowest BCUT2D eigenvalue weighted by Gasteiger charge is -2.32. The lowest BCUT2D eigenvalue weighted by molar-refractivity contribution is -0.387. The zero-order valence-corrected chi connectivity index (χ0v) is 16.9. The van der Waals surface area contributed by atoms with Crippen LogP contribution in [0.1, 0.15) is 25.3 Å². The first-order valence-corrected chi connectivity index (χ1v) is 11.2. The van der Waals surface area contributed by atoms with Crippen LogP contribution in [0.3, 0.4) is 0 Å². The molecular weight excluding hydrogens is 378 g/mol. The number of hydrogen-bond donors (Lipinski definition) is 1. The van der Waals surface area contributed by atoms with Crippen LogP contribution in [0, 0.1) is 16.0 Å². The van der Waals surface area contributed by atoms with Gasteiger partial charge in [0.25, 0.3) is 5.69 Å². The normalized spacial score (nSPS) is 15.4. The summed E-state index contributed by atoms with van der Waals surface area (Å²) >= 11 is 0. The van der Waals surface area contributed by atoms with Crippen LogP contribution in [0.5, 0.6) is 0 Å². The second-order valence-electron chi connectivity index (χ2n) is 7.40. The van der Waals surface area contributed by atoms with Crippen molar-refractivity contribution in [1.29, 1.82) is 0 Å². The molecule has 1 fully saturated rings. The van der Waals surface area contributed by atoms with Crippen molar-refractivity contribution in [2.75, 3.05) is 29.6 Å². The Bertz CT molecular complexity index is 950. The lowest BCUT2D eigenvalue weighted by Crippen LogP contribution is -2.32. The molecule has 1 aliphatic heterocycles. The van der Waals surface area contributed by atoms with Crippen molar-refractivity contribution in [3.63, 3.8) is 0 Å². The van der Waals surface area contributed by atoms with Gasteiger partial charge in [0.2, 0.25) is 0 Å². The standard InChI is InChI=1S/C20H25N3O4S/c1-15-9-11-22(12-10-15)18-6-3-16(4-7-18)14-21-17-5-8-19(23(24)25)20(13-17)28(2,26)27/h3-8,13,15,21H,9-12,14H2,1-2H3. The SMILES string of the molecule is CC1CCN(c2ccc(CNc3ccc([N+](=O)[O-])c(S(C)(=O)=O)c3)cc2)CC1. The van der Waals surface area contributed by atoms with E-state index in [1.807, 2.05) is 12.1 Å². The molecule has 150 valence electrons. The fraction of sp³-hybridized carbons (Fsp3) is 0.400. The Morgan fingerprint density at radius 3 is 2.36 bits per heavy atom. The summed E-state index contributed by atoms with van der Waals surface area (Å²) in [7, 11) is -3.69. The minimum absolute atomic E-state index is 0.280. The van der Waals surface area contributed by atoms with Gasteiger partial charge < -0.3 is 10.2 Å². The molecule has 1 saturated heterocycles. The van der Waals surface area contributed by atoms with Crippen molar-refractivity contribution in [2.45, 2.75) is 31.2 Å². The second-order valence-corrected chi connectivity index (χ2v) is 9.39. The third-order valence-electron chi connectivity index (χ3n) is 5.14. The van der Waals surface area contributed by atoms with Crippen LogP contribution in [0.2, 0.25) is 0 Å². The summed E-state index contributed by atoms with van der Waals surface area (Å²) in [5, 5.41) is 14.2. The molecule has 3 rings (SSSR count). The van der Waals surface area contributed by atoms with Gasteiger partial charge in [-0.05, 0) is 48.6 Å². The van der Waals surface area contributed by atoms with Crippen molar-refractivity contribution < 1.29 is 13.3 Å². The van der Waals surface area contributed by atoms with Crippen LogP contribution >= 0.6 is 0 Å². The molecule has 28 heavy (non-hydrogen) atoms. The Balaban J connectivity index is 1.68. The Hall–Kier alpha value is -2.61. The third-order valence-corrected chi connectivity index (χ3v) is 6.26. The maximum absolute atomic E-state index is 11.9. The molecule has 0 saturated carbocycles. The molecule has 8 heteroatoms. The number of rotatable bonds is 6. The zero-order valence-electron chi connectivity index (χ0n) is 16.1. The van der Waals surface area contributed by atoms with E-state index in [0.29, 0.717) is 12.2 Å². The largest absolute Gasteiger partial charge is 0.381 e. The highest BCUT2D eigenvalue weighted by Crippen LogP contribution is 2.28. The summed E-state index contributed by atoms with van der Waals surface area (Å²) in [5.74, 6) is 0.790. The van der Waals surface area contributed by atoms with Gasteiger partial charge in [-0.2, -0.15) is 0 Å². The number of nitrogens with zero attached hydrogens (tertiary/aromatic N) is 2. The van der Waals surface area contributed by atoms with E-state index in [-0.39, 0.29) is 4.90 Å². The summed E-state index contributed by atoms with van der Waals surface area (Å²) in [6, 6.07) is 12.4. The molecule has 0 amide bonds. The number of nitro groups is 1. The third kappa shape index (κ3) is 4.81. The topological polar surface area (TPSA) is 92.5 Å². The molecule has 0 radical (unpaired) electrons. The van der Waals surface area contributed by atoms with Gasteiger partial charge >= 0.3 is 0 Å². The summed E-state index contributed by atoms with van der Waals surface area (Å²) in [5.41, 5.74) is 2.38. The van der Waals surface area contributed by atoms with Gasteiger partial charge in [-0.3, -0.25) is 10.1 Å². The molecule has 0 atom stereocenters. The van der Waals surface area contributed by atoms with E-state index < -0.39 is 20.4 Å². The quantitative estimate of drug-likeness (QED) is 0.582. The van der Waals surface area contributed by atoms with Crippen LogP contribution < -0.4 is 10.2 Å². The highest BCUT2D eigenvalue weighted by atomic mass is 32.2. The predicted octanol–water partition coefficient (Wildman–Crippen LogP) is 3.85. The molecule has 1 N–H and O–H groups in total. The van der Waals surface area contributed by atoms with Crippen molar-refractivity contribution >= 4 is 26.9 Å². The number of hydrogen-bond acceptors (Lipinski definition) is 6. The molecule has 0 spiro atoms. The van der Waals surface area contributed by atoms with Gasteiger partial charge in [-0.25, -0.2) is 8.42 Å². The second kappa shape index (κ2) is 8.18. The van der Waals surface area contributed by atoms with E-state index in [4.69, 9.17) is 0 Å². The van der Waals surface area contributed by atoms with E-state index in [1.54, 1.807) is 0 Å². The summed E-state index contributed by atoms with van der Waals surface area (Å²) in [4.78, 5) is 12.5. The maximum atomic E-state index is 11.9. The summed E-state index contributed by atoms with van der Waals surface area (Å²) < 4.78 is 23.7. The lowest BCUT2D eigenvalue weighted by atomic mass is 9.99. The molecule has 2 aromatic carbocycles. The van der Waals surface area contributed by atoms with Gasteiger partial charge in [0.05, 0.1) is 4.92 Å². The number of sulfone groups is 1. The van der Waals surface area contributed by atoms with Crippen molar-refractivity contribution in [3.8, 4) is 0 Å². The van der Waals surface area contributed by atoms with Gasteiger partial charge in [-0.15, -0.1) is 0 Å². The number of piperidine rings is 1. The van der Waals surface area contributed by atoms with Crippen molar-refractivity contribution in [2.24, 2.45) is 5.92 Å². The fourth-order valence-corrected chi connectivity index (χ4v) is 4.23. The van der Waals surface area contributed by atoms with Crippen LogP contribution in [-0.4, -0.2) is 32.7 Å². The smallest absolute Gasteiger partial charge is 0.288 e. The highest BCUT2D eigenvalue weighted by molar-refractivity contribution is 7.90. The summed E-state index contributed by atoms with van der Waals surface area (Å²) in [6.45, 7) is 4.95. The van der Waals surface area contributed by atoms with Crippen LogP contribution in [-0.2, 0) is 16.4 Å². The van der Waals surface area contributed by atoms with E-state index in [1.165, 1.54) is 36.7 Å². The first-order chi connectivity index (χ1) is 13.2. The van der Waals surface area contributed by atoms with Crippen LogP contribution in [0.25, 0.3) is 0 Å². The van der Waals surface area contributed by atoms with E-state index in [9.17, 15) is 18.5 Å². The zero-order chi connectivity index (χ0) is 20.3. The highest BCUT2D eigenvalue weighted by Gasteiger charge is 2.22. The van der Waals surface area contributed by atoms with Crippen LogP contribution in [0.4, 0.5) is 17.1 Å². The first kappa shape index (κ1) is 20.1. The predicted molar refractivity (Wildman–Crippen MR) is 111 cm³/mol. The first-order valence-electron chi connectivity index (χ1n) is 9.30. The van der Waals surface area contributed by atoms with Crippen molar-refractivity contribution in [3.05, 3.63) is 58.1 Å². The average Bonchev–Trinajstić information content (AvgIpc) is 2.66. The maximum Gasteiger partial charge on any atom is 0.288 e. The Kier molecular flexibility index (Phi) is 5.88. The molecule has 0 aromatic heterocycles.